The molecule has 0 radical (unpaired) electrons. The molecule has 1 N–H and O–H groups in total. The van der Waals surface area contributed by atoms with Gasteiger partial charge in [0, 0.05) is 13.2 Å². The Morgan fingerprint density at radius 1 is 1.13 bits per heavy atom. The zero-order valence-electron chi connectivity index (χ0n) is 17.3. The minimum Gasteiger partial charge on any atom is -0.376 e. The summed E-state index contributed by atoms with van der Waals surface area (Å²) in [6.07, 6.45) is 1.73. The van der Waals surface area contributed by atoms with Gasteiger partial charge in [-0.3, -0.25) is 14.2 Å². The first-order valence-corrected chi connectivity index (χ1v) is 10.3. The number of carbonyl (C=O) groups excluding carboxylic acids is 1. The highest BCUT2D eigenvalue weighted by Crippen LogP contribution is 2.11. The van der Waals surface area contributed by atoms with E-state index in [0.29, 0.717) is 18.8 Å². The number of para-hydroxylation sites is 1. The molecule has 1 aromatic heterocycles. The van der Waals surface area contributed by atoms with E-state index in [0.717, 1.165) is 33.2 Å². The summed E-state index contributed by atoms with van der Waals surface area (Å²) in [4.78, 5) is 39.1. The fourth-order valence-corrected chi connectivity index (χ4v) is 3.59. The van der Waals surface area contributed by atoms with Gasteiger partial charge in [-0.15, -0.1) is 0 Å². The van der Waals surface area contributed by atoms with Crippen molar-refractivity contribution < 1.29 is 9.53 Å². The Bertz CT molecular complexity index is 1190. The summed E-state index contributed by atoms with van der Waals surface area (Å²) in [7, 11) is 0. The molecule has 3 aromatic rings. The molecule has 160 valence electrons. The lowest BCUT2D eigenvalue weighted by Gasteiger charge is -2.14. The second-order valence-corrected chi connectivity index (χ2v) is 7.54. The largest absolute Gasteiger partial charge is 0.376 e. The van der Waals surface area contributed by atoms with Crippen molar-refractivity contribution in [3.63, 3.8) is 0 Å². The summed E-state index contributed by atoms with van der Waals surface area (Å²) < 4.78 is 7.68. The van der Waals surface area contributed by atoms with E-state index in [1.54, 1.807) is 24.3 Å². The van der Waals surface area contributed by atoms with Gasteiger partial charge in [-0.1, -0.05) is 42.5 Å². The van der Waals surface area contributed by atoms with Crippen LogP contribution in [0.2, 0.25) is 0 Å². The molecule has 0 bridgehead atoms. The SMILES string of the molecule is Cc1ccccc1Cn1c(=O)c(C(=O)NC[C@@H]2CCCO2)nn(-c2ccccc2)c1=O. The second-order valence-electron chi connectivity index (χ2n) is 7.54. The Kier molecular flexibility index (Phi) is 6.08. The highest BCUT2D eigenvalue weighted by atomic mass is 16.5. The molecule has 1 atom stereocenters. The number of nitrogens with one attached hydrogen (secondary N) is 1. The van der Waals surface area contributed by atoms with E-state index in [4.69, 9.17) is 4.74 Å². The summed E-state index contributed by atoms with van der Waals surface area (Å²) in [5.74, 6) is -0.622. The molecule has 1 aliphatic heterocycles. The third-order valence-electron chi connectivity index (χ3n) is 5.38. The number of ether oxygens (including phenoxy) is 1. The quantitative estimate of drug-likeness (QED) is 0.654. The second kappa shape index (κ2) is 9.09. The first kappa shape index (κ1) is 20.7. The highest BCUT2D eigenvalue weighted by molar-refractivity contribution is 5.91. The molecule has 8 nitrogen and oxygen atoms in total. The maximum Gasteiger partial charge on any atom is 0.352 e. The molecule has 2 heterocycles. The number of hydrogen-bond donors (Lipinski definition) is 1. The average molecular weight is 420 g/mol. The molecule has 2 aromatic carbocycles. The van der Waals surface area contributed by atoms with E-state index < -0.39 is 17.2 Å². The summed E-state index contributed by atoms with van der Waals surface area (Å²) in [6.45, 7) is 2.92. The maximum atomic E-state index is 13.2. The van der Waals surface area contributed by atoms with Crippen LogP contribution in [0.15, 0.2) is 64.2 Å². The van der Waals surface area contributed by atoms with Gasteiger partial charge in [0.15, 0.2) is 0 Å². The molecule has 1 fully saturated rings. The van der Waals surface area contributed by atoms with E-state index in [1.807, 2.05) is 37.3 Å². The lowest BCUT2D eigenvalue weighted by atomic mass is 10.1. The number of benzene rings is 2. The molecule has 31 heavy (non-hydrogen) atoms. The van der Waals surface area contributed by atoms with Crippen LogP contribution in [-0.4, -0.2) is 39.5 Å². The van der Waals surface area contributed by atoms with Crippen molar-refractivity contribution in [1.29, 1.82) is 0 Å². The van der Waals surface area contributed by atoms with Crippen LogP contribution in [0.25, 0.3) is 5.69 Å². The first-order chi connectivity index (χ1) is 15.0. The molecule has 0 spiro atoms. The number of carbonyl (C=O) groups is 1. The van der Waals surface area contributed by atoms with E-state index in [9.17, 15) is 14.4 Å². The fraction of sp³-hybridized carbons (Fsp3) is 0.304. The number of rotatable bonds is 6. The van der Waals surface area contributed by atoms with Crippen molar-refractivity contribution in [3.8, 4) is 5.69 Å². The predicted octanol–water partition coefficient (Wildman–Crippen LogP) is 1.66. The maximum absolute atomic E-state index is 13.2. The summed E-state index contributed by atoms with van der Waals surface area (Å²) in [5, 5.41) is 6.86. The van der Waals surface area contributed by atoms with E-state index in [-0.39, 0.29) is 18.3 Å². The Balaban J connectivity index is 1.76. The molecule has 1 saturated heterocycles. The molecular weight excluding hydrogens is 396 g/mol. The summed E-state index contributed by atoms with van der Waals surface area (Å²) >= 11 is 0. The van der Waals surface area contributed by atoms with E-state index in [2.05, 4.69) is 10.4 Å². The van der Waals surface area contributed by atoms with Crippen molar-refractivity contribution in [2.75, 3.05) is 13.2 Å². The summed E-state index contributed by atoms with van der Waals surface area (Å²) in [5.41, 5.74) is 0.592. The van der Waals surface area contributed by atoms with Crippen LogP contribution in [0, 0.1) is 6.92 Å². The molecule has 8 heteroatoms. The Labute approximate surface area is 179 Å². The summed E-state index contributed by atoms with van der Waals surface area (Å²) in [6, 6.07) is 16.2. The molecule has 0 aliphatic carbocycles. The molecule has 0 saturated carbocycles. The third kappa shape index (κ3) is 4.49. The van der Waals surface area contributed by atoms with Crippen LogP contribution in [0.3, 0.4) is 0 Å². The zero-order valence-corrected chi connectivity index (χ0v) is 17.3. The van der Waals surface area contributed by atoms with Gasteiger partial charge in [0.05, 0.1) is 18.3 Å². The van der Waals surface area contributed by atoms with Crippen molar-refractivity contribution in [3.05, 3.63) is 92.3 Å². The third-order valence-corrected chi connectivity index (χ3v) is 5.38. The molecular formula is C23H24N4O4. The van der Waals surface area contributed by atoms with Crippen molar-refractivity contribution in [2.45, 2.75) is 32.4 Å². The number of hydrogen-bond acceptors (Lipinski definition) is 5. The molecule has 0 unspecified atom stereocenters. The van der Waals surface area contributed by atoms with Gasteiger partial charge in [0.2, 0.25) is 5.69 Å². The fourth-order valence-electron chi connectivity index (χ4n) is 3.59. The number of nitrogens with zero attached hydrogens (tertiary/aromatic N) is 3. The van der Waals surface area contributed by atoms with Gasteiger partial charge < -0.3 is 10.1 Å². The van der Waals surface area contributed by atoms with Crippen LogP contribution >= 0.6 is 0 Å². The minimum atomic E-state index is -0.717. The molecule has 1 amide bonds. The zero-order chi connectivity index (χ0) is 21.8. The Morgan fingerprint density at radius 2 is 1.87 bits per heavy atom. The van der Waals surface area contributed by atoms with Gasteiger partial charge in [0.1, 0.15) is 0 Å². The first-order valence-electron chi connectivity index (χ1n) is 10.3. The normalized spacial score (nSPS) is 15.7. The Morgan fingerprint density at radius 3 is 2.58 bits per heavy atom. The number of aromatic nitrogens is 3. The van der Waals surface area contributed by atoms with Crippen molar-refractivity contribution in [2.24, 2.45) is 0 Å². The topological polar surface area (TPSA) is 95.2 Å². The lowest BCUT2D eigenvalue weighted by Crippen LogP contribution is -2.46. The molecule has 1 aliphatic rings. The highest BCUT2D eigenvalue weighted by Gasteiger charge is 2.22. The Hall–Kier alpha value is -3.52. The number of aryl methyl sites for hydroxylation is 1. The standard InChI is InChI=1S/C23H24N4O4/c1-16-8-5-6-9-17(16)15-26-22(29)20(21(28)24-14-19-12-7-13-31-19)25-27(23(26)30)18-10-3-2-4-11-18/h2-6,8-11,19H,7,12-15H2,1H3,(H,24,28)/t19-/m0/s1. The molecule has 4 rings (SSSR count). The van der Waals surface area contributed by atoms with Crippen molar-refractivity contribution >= 4 is 5.91 Å². The van der Waals surface area contributed by atoms with Crippen LogP contribution in [0.5, 0.6) is 0 Å². The van der Waals surface area contributed by atoms with E-state index >= 15 is 0 Å². The van der Waals surface area contributed by atoms with Gasteiger partial charge in [0.25, 0.3) is 11.5 Å². The lowest BCUT2D eigenvalue weighted by molar-refractivity contribution is 0.0849. The minimum absolute atomic E-state index is 0.0473. The monoisotopic (exact) mass is 420 g/mol. The van der Waals surface area contributed by atoms with E-state index in [1.165, 1.54) is 0 Å². The van der Waals surface area contributed by atoms with Crippen LogP contribution in [-0.2, 0) is 11.3 Å². The predicted molar refractivity (Wildman–Crippen MR) is 116 cm³/mol. The van der Waals surface area contributed by atoms with Crippen molar-refractivity contribution in [1.82, 2.24) is 19.7 Å². The van der Waals surface area contributed by atoms with Crippen LogP contribution < -0.4 is 16.6 Å². The number of amides is 1. The van der Waals surface area contributed by atoms with Gasteiger partial charge >= 0.3 is 5.69 Å². The van der Waals surface area contributed by atoms with Gasteiger partial charge in [-0.05, 0) is 43.0 Å². The van der Waals surface area contributed by atoms with Crippen LogP contribution in [0.4, 0.5) is 0 Å². The smallest absolute Gasteiger partial charge is 0.352 e. The van der Waals surface area contributed by atoms with Gasteiger partial charge in [-0.2, -0.15) is 9.78 Å². The van der Waals surface area contributed by atoms with Crippen LogP contribution in [0.1, 0.15) is 34.5 Å². The van der Waals surface area contributed by atoms with Gasteiger partial charge in [-0.25, -0.2) is 4.79 Å². The average Bonchev–Trinajstić information content (AvgIpc) is 3.31.